The van der Waals surface area contributed by atoms with E-state index in [1.807, 2.05) is 36.1 Å². The summed E-state index contributed by atoms with van der Waals surface area (Å²) < 4.78 is 16.1. The molecule has 1 aromatic carbocycles. The van der Waals surface area contributed by atoms with Gasteiger partial charge >= 0.3 is 0 Å². The first-order valence-corrected chi connectivity index (χ1v) is 8.84. The molecule has 0 aliphatic rings. The van der Waals surface area contributed by atoms with Gasteiger partial charge in [-0.1, -0.05) is 11.6 Å². The average molecular weight is 389 g/mol. The van der Waals surface area contributed by atoms with Crippen LogP contribution < -0.4 is 10.1 Å². The molecule has 3 aromatic rings. The maximum atomic E-state index is 12.6. The number of halogens is 1. The minimum Gasteiger partial charge on any atom is -0.495 e. The highest BCUT2D eigenvalue weighted by Crippen LogP contribution is 2.31. The molecule has 0 saturated heterocycles. The number of hydrogen-bond acceptors (Lipinski definition) is 5. The summed E-state index contributed by atoms with van der Waals surface area (Å²) in [6.07, 6.45) is 3.23. The Hall–Kier alpha value is -2.70. The highest BCUT2D eigenvalue weighted by atomic mass is 35.5. The Morgan fingerprint density at radius 3 is 2.30 bits per heavy atom. The summed E-state index contributed by atoms with van der Waals surface area (Å²) in [6, 6.07) is 10.9. The zero-order valence-corrected chi connectivity index (χ0v) is 16.0. The number of nitrogens with zero attached hydrogens (tertiary/aromatic N) is 1. The lowest BCUT2D eigenvalue weighted by Crippen LogP contribution is -2.32. The van der Waals surface area contributed by atoms with E-state index in [0.717, 1.165) is 17.1 Å². The number of carbonyl (C=O) groups is 1. The van der Waals surface area contributed by atoms with Crippen LogP contribution >= 0.6 is 11.6 Å². The summed E-state index contributed by atoms with van der Waals surface area (Å²) in [4.78, 5) is 14.6. The van der Waals surface area contributed by atoms with Crippen molar-refractivity contribution >= 4 is 23.2 Å². The lowest BCUT2D eigenvalue weighted by Gasteiger charge is -2.20. The molecule has 1 amide bonds. The lowest BCUT2D eigenvalue weighted by molar-refractivity contribution is -0.117. The van der Waals surface area contributed by atoms with Gasteiger partial charge in [0, 0.05) is 11.1 Å². The first kappa shape index (κ1) is 19.1. The molecule has 0 fully saturated rings. The standard InChI is InChI=1S/C20H21ClN2O4/c1-14-9-18(19(25-2)10-17(14)21)22-20(24)13-23(11-15-5-3-7-26-15)12-16-6-4-8-27-16/h3-10H,11-13H2,1-2H3,(H,22,24). The summed E-state index contributed by atoms with van der Waals surface area (Å²) in [7, 11) is 1.54. The number of aryl methyl sites for hydroxylation is 1. The van der Waals surface area contributed by atoms with Crippen molar-refractivity contribution in [2.24, 2.45) is 0 Å². The van der Waals surface area contributed by atoms with Crippen LogP contribution in [0.3, 0.4) is 0 Å². The Balaban J connectivity index is 1.71. The molecule has 0 atom stereocenters. The topological polar surface area (TPSA) is 67.8 Å². The van der Waals surface area contributed by atoms with E-state index < -0.39 is 0 Å². The molecule has 2 heterocycles. The Kier molecular flexibility index (Phi) is 6.21. The van der Waals surface area contributed by atoms with Crippen LogP contribution in [0.4, 0.5) is 5.69 Å². The molecule has 2 aromatic heterocycles. The minimum absolute atomic E-state index is 0.159. The number of nitrogens with one attached hydrogen (secondary N) is 1. The molecule has 27 heavy (non-hydrogen) atoms. The molecule has 0 radical (unpaired) electrons. The number of carbonyl (C=O) groups excluding carboxylic acids is 1. The molecule has 0 aliphatic carbocycles. The van der Waals surface area contributed by atoms with Gasteiger partial charge in [-0.15, -0.1) is 0 Å². The molecule has 142 valence electrons. The first-order valence-electron chi connectivity index (χ1n) is 8.46. The Labute approximate surface area is 162 Å². The second-order valence-electron chi connectivity index (χ2n) is 6.15. The predicted octanol–water partition coefficient (Wildman–Crippen LogP) is 4.48. The van der Waals surface area contributed by atoms with E-state index in [-0.39, 0.29) is 12.5 Å². The smallest absolute Gasteiger partial charge is 0.238 e. The molecule has 6 nitrogen and oxygen atoms in total. The maximum Gasteiger partial charge on any atom is 0.238 e. The fourth-order valence-electron chi connectivity index (χ4n) is 2.74. The maximum absolute atomic E-state index is 12.6. The molecule has 0 saturated carbocycles. The molecule has 0 spiro atoms. The summed E-state index contributed by atoms with van der Waals surface area (Å²) in [5, 5.41) is 3.48. The van der Waals surface area contributed by atoms with E-state index in [1.165, 1.54) is 7.11 Å². The second kappa shape index (κ2) is 8.79. The highest BCUT2D eigenvalue weighted by molar-refractivity contribution is 6.31. The van der Waals surface area contributed by atoms with E-state index in [9.17, 15) is 4.79 Å². The van der Waals surface area contributed by atoms with Gasteiger partial charge in [-0.3, -0.25) is 9.69 Å². The fraction of sp³-hybridized carbons (Fsp3) is 0.250. The third-order valence-corrected chi connectivity index (χ3v) is 4.45. The van der Waals surface area contributed by atoms with Crippen molar-refractivity contribution in [2.75, 3.05) is 19.0 Å². The van der Waals surface area contributed by atoms with Crippen molar-refractivity contribution in [3.8, 4) is 5.75 Å². The molecule has 0 aliphatic heterocycles. The lowest BCUT2D eigenvalue weighted by atomic mass is 10.2. The molecule has 0 bridgehead atoms. The number of amides is 1. The number of ether oxygens (including phenoxy) is 1. The Morgan fingerprint density at radius 2 is 1.78 bits per heavy atom. The van der Waals surface area contributed by atoms with Crippen LogP contribution in [0.25, 0.3) is 0 Å². The number of hydrogen-bond donors (Lipinski definition) is 1. The number of benzene rings is 1. The van der Waals surface area contributed by atoms with Gasteiger partial charge < -0.3 is 18.9 Å². The van der Waals surface area contributed by atoms with Crippen LogP contribution in [0.1, 0.15) is 17.1 Å². The van der Waals surface area contributed by atoms with Gasteiger partial charge in [-0.2, -0.15) is 0 Å². The van der Waals surface area contributed by atoms with Gasteiger partial charge in [-0.05, 0) is 42.8 Å². The number of anilines is 1. The summed E-state index contributed by atoms with van der Waals surface area (Å²) in [5.74, 6) is 1.89. The van der Waals surface area contributed by atoms with E-state index in [1.54, 1.807) is 24.7 Å². The van der Waals surface area contributed by atoms with Crippen molar-refractivity contribution in [2.45, 2.75) is 20.0 Å². The van der Waals surface area contributed by atoms with E-state index in [4.69, 9.17) is 25.2 Å². The summed E-state index contributed by atoms with van der Waals surface area (Å²) in [6.45, 7) is 3.00. The van der Waals surface area contributed by atoms with Gasteiger partial charge in [0.15, 0.2) is 0 Å². The third kappa shape index (κ3) is 5.15. The van der Waals surface area contributed by atoms with Crippen molar-refractivity contribution in [1.82, 2.24) is 4.90 Å². The predicted molar refractivity (Wildman–Crippen MR) is 103 cm³/mol. The van der Waals surface area contributed by atoms with E-state index >= 15 is 0 Å². The molecule has 0 unspecified atom stereocenters. The Bertz CT molecular complexity index is 840. The van der Waals surface area contributed by atoms with E-state index in [0.29, 0.717) is 29.5 Å². The van der Waals surface area contributed by atoms with Gasteiger partial charge in [-0.25, -0.2) is 0 Å². The van der Waals surface area contributed by atoms with Gasteiger partial charge in [0.05, 0.1) is 45.0 Å². The number of furan rings is 2. The zero-order chi connectivity index (χ0) is 19.2. The summed E-state index contributed by atoms with van der Waals surface area (Å²) >= 11 is 6.12. The molecule has 1 N–H and O–H groups in total. The molecular formula is C20H21ClN2O4. The van der Waals surface area contributed by atoms with Crippen LogP contribution in [0.2, 0.25) is 5.02 Å². The normalized spacial score (nSPS) is 11.0. The van der Waals surface area contributed by atoms with Gasteiger partial charge in [0.1, 0.15) is 17.3 Å². The molecule has 7 heteroatoms. The number of rotatable bonds is 8. The average Bonchev–Trinajstić information content (AvgIpc) is 3.32. The fourth-order valence-corrected chi connectivity index (χ4v) is 2.89. The number of methoxy groups -OCH3 is 1. The largest absolute Gasteiger partial charge is 0.495 e. The van der Waals surface area contributed by atoms with Crippen LogP contribution in [0, 0.1) is 6.92 Å². The molecular weight excluding hydrogens is 368 g/mol. The minimum atomic E-state index is -0.173. The molecule has 3 rings (SSSR count). The van der Waals surface area contributed by atoms with E-state index in [2.05, 4.69) is 5.32 Å². The van der Waals surface area contributed by atoms with Crippen LogP contribution in [-0.4, -0.2) is 24.5 Å². The van der Waals surface area contributed by atoms with Crippen molar-refractivity contribution in [3.05, 3.63) is 71.0 Å². The van der Waals surface area contributed by atoms with Crippen molar-refractivity contribution in [1.29, 1.82) is 0 Å². The van der Waals surface area contributed by atoms with Crippen LogP contribution in [0.5, 0.6) is 5.75 Å². The van der Waals surface area contributed by atoms with Crippen LogP contribution in [-0.2, 0) is 17.9 Å². The third-order valence-electron chi connectivity index (χ3n) is 4.04. The Morgan fingerprint density at radius 1 is 1.15 bits per heavy atom. The SMILES string of the molecule is COc1cc(Cl)c(C)cc1NC(=O)CN(Cc1ccco1)Cc1ccco1. The van der Waals surface area contributed by atoms with Crippen molar-refractivity contribution < 1.29 is 18.4 Å². The van der Waals surface area contributed by atoms with Crippen LogP contribution in [0.15, 0.2) is 57.8 Å². The second-order valence-corrected chi connectivity index (χ2v) is 6.56. The summed E-state index contributed by atoms with van der Waals surface area (Å²) in [5.41, 5.74) is 1.44. The zero-order valence-electron chi connectivity index (χ0n) is 15.2. The van der Waals surface area contributed by atoms with Gasteiger partial charge in [0.25, 0.3) is 0 Å². The van der Waals surface area contributed by atoms with Gasteiger partial charge in [0.2, 0.25) is 5.91 Å². The monoisotopic (exact) mass is 388 g/mol. The van der Waals surface area contributed by atoms with Crippen molar-refractivity contribution in [3.63, 3.8) is 0 Å². The highest BCUT2D eigenvalue weighted by Gasteiger charge is 2.17. The first-order chi connectivity index (χ1) is 13.0. The quantitative estimate of drug-likeness (QED) is 0.616.